The molecule has 4 nitrogen and oxygen atoms in total. The molecule has 2 rings (SSSR count). The van der Waals surface area contributed by atoms with Crippen LogP contribution < -0.4 is 0 Å². The largest absolute Gasteiger partial charge is 0.281 e. The minimum atomic E-state index is 0.843. The molecule has 2 heterocycles. The molecule has 0 aliphatic heterocycles. The molecule has 0 saturated carbocycles. The lowest BCUT2D eigenvalue weighted by atomic mass is 10.4. The third-order valence-electron chi connectivity index (χ3n) is 1.74. The quantitative estimate of drug-likeness (QED) is 0.685. The Morgan fingerprint density at radius 2 is 2.25 bits per heavy atom. The summed E-state index contributed by atoms with van der Waals surface area (Å²) in [6.45, 7) is 3.96. The Morgan fingerprint density at radius 1 is 1.42 bits per heavy atom. The third-order valence-corrected chi connectivity index (χ3v) is 1.74. The van der Waals surface area contributed by atoms with Crippen LogP contribution in [0.5, 0.6) is 0 Å². The summed E-state index contributed by atoms with van der Waals surface area (Å²) in [6.07, 6.45) is 1.76. The number of aryl methyl sites for hydroxylation is 2. The van der Waals surface area contributed by atoms with Crippen molar-refractivity contribution in [2.75, 3.05) is 0 Å². The number of rotatable bonds is 1. The van der Waals surface area contributed by atoms with Crippen LogP contribution in [0, 0.1) is 13.8 Å². The van der Waals surface area contributed by atoms with Gasteiger partial charge in [0.2, 0.25) is 0 Å². The first-order valence-electron chi connectivity index (χ1n) is 3.80. The fourth-order valence-electron chi connectivity index (χ4n) is 1.12. The summed E-state index contributed by atoms with van der Waals surface area (Å²) in [6, 6.07) is 3.91. The van der Waals surface area contributed by atoms with E-state index in [4.69, 9.17) is 0 Å². The van der Waals surface area contributed by atoms with E-state index in [9.17, 15) is 0 Å². The van der Waals surface area contributed by atoms with Crippen molar-refractivity contribution in [2.45, 2.75) is 13.8 Å². The van der Waals surface area contributed by atoms with Crippen LogP contribution in [0.15, 0.2) is 18.3 Å². The smallest absolute Gasteiger partial charge is 0.175 e. The van der Waals surface area contributed by atoms with E-state index < -0.39 is 0 Å². The lowest BCUT2D eigenvalue weighted by molar-refractivity contribution is 0.808. The van der Waals surface area contributed by atoms with E-state index in [-0.39, 0.29) is 0 Å². The van der Waals surface area contributed by atoms with Gasteiger partial charge in [0.05, 0.1) is 0 Å². The highest BCUT2D eigenvalue weighted by Gasteiger charge is 2.02. The highest BCUT2D eigenvalue weighted by Crippen LogP contribution is 2.06. The number of H-pyrrole nitrogens is 1. The zero-order valence-corrected chi connectivity index (χ0v) is 7.07. The molecule has 0 aliphatic carbocycles. The maximum Gasteiger partial charge on any atom is 0.175 e. The van der Waals surface area contributed by atoms with Gasteiger partial charge in [0, 0.05) is 23.7 Å². The van der Waals surface area contributed by atoms with E-state index in [2.05, 4.69) is 15.3 Å². The first kappa shape index (κ1) is 7.09. The van der Waals surface area contributed by atoms with Gasteiger partial charge in [-0.25, -0.2) is 4.68 Å². The molecule has 0 fully saturated rings. The zero-order chi connectivity index (χ0) is 8.55. The number of aromatic amines is 1. The number of nitrogens with zero attached hydrogens (tertiary/aromatic N) is 3. The molecule has 0 amide bonds. The van der Waals surface area contributed by atoms with Crippen LogP contribution in [0.3, 0.4) is 0 Å². The summed E-state index contributed by atoms with van der Waals surface area (Å²) in [5.74, 6) is 0.843. The van der Waals surface area contributed by atoms with Crippen molar-refractivity contribution < 1.29 is 0 Å². The molecule has 2 aromatic rings. The predicted octanol–water partition coefficient (Wildman–Crippen LogP) is 1.21. The van der Waals surface area contributed by atoms with Crippen molar-refractivity contribution in [1.82, 2.24) is 20.0 Å². The van der Waals surface area contributed by atoms with Crippen molar-refractivity contribution >= 4 is 0 Å². The van der Waals surface area contributed by atoms with E-state index in [1.54, 1.807) is 10.9 Å². The minimum Gasteiger partial charge on any atom is -0.281 e. The van der Waals surface area contributed by atoms with Crippen molar-refractivity contribution in [1.29, 1.82) is 0 Å². The normalized spacial score (nSPS) is 10.5. The van der Waals surface area contributed by atoms with Crippen LogP contribution in [-0.2, 0) is 0 Å². The Kier molecular flexibility index (Phi) is 1.46. The molecule has 0 radical (unpaired) electrons. The highest BCUT2D eigenvalue weighted by molar-refractivity contribution is 5.24. The van der Waals surface area contributed by atoms with Crippen LogP contribution in [0.25, 0.3) is 5.82 Å². The Morgan fingerprint density at radius 3 is 2.75 bits per heavy atom. The number of nitrogens with one attached hydrogen (secondary N) is 1. The first-order valence-corrected chi connectivity index (χ1v) is 3.80. The Labute approximate surface area is 70.2 Å². The molecule has 0 aromatic carbocycles. The minimum absolute atomic E-state index is 0.843. The fraction of sp³-hybridized carbons (Fsp3) is 0.250. The van der Waals surface area contributed by atoms with Gasteiger partial charge in [-0.05, 0) is 19.9 Å². The van der Waals surface area contributed by atoms with E-state index >= 15 is 0 Å². The molecule has 4 heteroatoms. The molecule has 12 heavy (non-hydrogen) atoms. The van der Waals surface area contributed by atoms with Gasteiger partial charge in [-0.3, -0.25) is 5.10 Å². The summed E-state index contributed by atoms with van der Waals surface area (Å²) in [7, 11) is 0. The van der Waals surface area contributed by atoms with E-state index in [0.717, 1.165) is 17.2 Å². The Bertz CT molecular complexity index is 385. The molecule has 62 valence electrons. The van der Waals surface area contributed by atoms with Gasteiger partial charge in [0.1, 0.15) is 0 Å². The van der Waals surface area contributed by atoms with Gasteiger partial charge < -0.3 is 0 Å². The van der Waals surface area contributed by atoms with E-state index in [1.807, 2.05) is 26.0 Å². The molecule has 0 saturated heterocycles. The predicted molar refractivity (Wildman–Crippen MR) is 45.2 cm³/mol. The summed E-state index contributed by atoms with van der Waals surface area (Å²) in [4.78, 5) is 0. The van der Waals surface area contributed by atoms with Crippen molar-refractivity contribution in [3.63, 3.8) is 0 Å². The zero-order valence-electron chi connectivity index (χ0n) is 7.07. The molecule has 0 spiro atoms. The summed E-state index contributed by atoms with van der Waals surface area (Å²) < 4.78 is 1.80. The monoisotopic (exact) mass is 162 g/mol. The van der Waals surface area contributed by atoms with Crippen LogP contribution >= 0.6 is 0 Å². The molecule has 0 bridgehead atoms. The molecular formula is C8H10N4. The molecule has 2 aromatic heterocycles. The van der Waals surface area contributed by atoms with E-state index in [0.29, 0.717) is 0 Å². The number of hydrogen-bond acceptors (Lipinski definition) is 2. The maximum absolute atomic E-state index is 4.13. The molecule has 0 unspecified atom stereocenters. The van der Waals surface area contributed by atoms with Crippen LogP contribution in [0.4, 0.5) is 0 Å². The topological polar surface area (TPSA) is 46.5 Å². The van der Waals surface area contributed by atoms with E-state index in [1.165, 1.54) is 0 Å². The van der Waals surface area contributed by atoms with Gasteiger partial charge in [-0.1, -0.05) is 0 Å². The van der Waals surface area contributed by atoms with Gasteiger partial charge in [0.25, 0.3) is 0 Å². The van der Waals surface area contributed by atoms with Crippen molar-refractivity contribution in [2.24, 2.45) is 0 Å². The van der Waals surface area contributed by atoms with Crippen LogP contribution in [-0.4, -0.2) is 20.0 Å². The maximum atomic E-state index is 4.13. The van der Waals surface area contributed by atoms with Gasteiger partial charge >= 0.3 is 0 Å². The van der Waals surface area contributed by atoms with Gasteiger partial charge in [-0.2, -0.15) is 10.2 Å². The Hall–Kier alpha value is -1.58. The summed E-state index contributed by atoms with van der Waals surface area (Å²) in [5, 5.41) is 11.1. The second-order valence-electron chi connectivity index (χ2n) is 2.79. The second-order valence-corrected chi connectivity index (χ2v) is 2.79. The standard InChI is InChI=1S/C8H10N4/c1-6-5-8(11-10-6)12-7(2)3-4-9-12/h3-5H,1-2H3,(H,10,11). The van der Waals surface area contributed by atoms with Crippen LogP contribution in [0.1, 0.15) is 11.4 Å². The SMILES string of the molecule is Cc1cc(-n2nccc2C)n[nH]1. The lowest BCUT2D eigenvalue weighted by Gasteiger charge is -1.96. The fourth-order valence-corrected chi connectivity index (χ4v) is 1.12. The summed E-state index contributed by atoms with van der Waals surface area (Å²) >= 11 is 0. The van der Waals surface area contributed by atoms with Gasteiger partial charge in [0.15, 0.2) is 5.82 Å². The molecular weight excluding hydrogens is 152 g/mol. The van der Waals surface area contributed by atoms with Crippen molar-refractivity contribution in [3.05, 3.63) is 29.7 Å². The number of aromatic nitrogens is 4. The summed E-state index contributed by atoms with van der Waals surface area (Å²) in [5.41, 5.74) is 2.13. The molecule has 0 atom stereocenters. The lowest BCUT2D eigenvalue weighted by Crippen LogP contribution is -1.98. The molecule has 1 N–H and O–H groups in total. The average molecular weight is 162 g/mol. The van der Waals surface area contributed by atoms with Crippen molar-refractivity contribution in [3.8, 4) is 5.82 Å². The van der Waals surface area contributed by atoms with Crippen LogP contribution in [0.2, 0.25) is 0 Å². The highest BCUT2D eigenvalue weighted by atomic mass is 15.3. The second kappa shape index (κ2) is 2.48. The molecule has 0 aliphatic rings. The third kappa shape index (κ3) is 1.01. The van der Waals surface area contributed by atoms with Gasteiger partial charge in [-0.15, -0.1) is 0 Å². The Balaban J connectivity index is 2.50. The first-order chi connectivity index (χ1) is 5.77. The average Bonchev–Trinajstić information content (AvgIpc) is 2.58. The number of hydrogen-bond donors (Lipinski definition) is 1.